The first-order chi connectivity index (χ1) is 22.0. The summed E-state index contributed by atoms with van der Waals surface area (Å²) in [6, 6.07) is 11.0. The van der Waals surface area contributed by atoms with Crippen LogP contribution in [0.2, 0.25) is 0 Å². The average molecular weight is 645 g/mol. The molecule has 3 rings (SSSR count). The highest BCUT2D eigenvalue weighted by atomic mass is 19.2. The molecule has 244 valence electrons. The highest BCUT2D eigenvalue weighted by Crippen LogP contribution is 2.21. The van der Waals surface area contributed by atoms with E-state index in [0.717, 1.165) is 68.2 Å². The third-order valence-electron chi connectivity index (χ3n) is 7.06. The van der Waals surface area contributed by atoms with Crippen LogP contribution in [-0.4, -0.2) is 11.9 Å². The van der Waals surface area contributed by atoms with Crippen molar-refractivity contribution in [3.05, 3.63) is 136 Å². The zero-order chi connectivity index (χ0) is 33.6. The number of unbranched alkanes of at least 4 members (excludes halogenated alkanes) is 6. The molecule has 4 nitrogen and oxygen atoms in total. The van der Waals surface area contributed by atoms with Gasteiger partial charge in [-0.2, -0.15) is 0 Å². The van der Waals surface area contributed by atoms with Gasteiger partial charge in [0.2, 0.25) is 0 Å². The number of halogens is 6. The number of hydrogen-bond donors (Lipinski definition) is 0. The molecule has 0 aromatic heterocycles. The van der Waals surface area contributed by atoms with Crippen LogP contribution in [0.5, 0.6) is 5.75 Å². The smallest absolute Gasteiger partial charge is 0.346 e. The van der Waals surface area contributed by atoms with Crippen molar-refractivity contribution in [2.75, 3.05) is 0 Å². The highest BCUT2D eigenvalue weighted by molar-refractivity contribution is 5.91. The molecular formula is C36H34F6O4. The number of hydrogen-bond acceptors (Lipinski definition) is 4. The number of aryl methyl sites for hydroxylation is 2. The molecule has 3 aromatic rings. The Balaban J connectivity index is 1.32. The molecule has 0 aliphatic heterocycles. The Morgan fingerprint density at radius 1 is 0.674 bits per heavy atom. The molecule has 0 saturated heterocycles. The number of esters is 2. The summed E-state index contributed by atoms with van der Waals surface area (Å²) in [6.45, 7) is 4.26. The number of ether oxygens (including phenoxy) is 2. The van der Waals surface area contributed by atoms with Gasteiger partial charge in [0.1, 0.15) is 23.1 Å². The third-order valence-corrected chi connectivity index (χ3v) is 7.06. The van der Waals surface area contributed by atoms with E-state index in [0.29, 0.717) is 25.0 Å². The maximum absolute atomic E-state index is 14.6. The first-order valence-corrected chi connectivity index (χ1v) is 14.8. The predicted octanol–water partition coefficient (Wildman–Crippen LogP) is 10.4. The van der Waals surface area contributed by atoms with Gasteiger partial charge in [-0.05, 0) is 86.2 Å². The number of carbonyl (C=O) groups excluding carboxylic acids is 2. The lowest BCUT2D eigenvalue weighted by Crippen LogP contribution is -2.11. The molecule has 0 unspecified atom stereocenters. The summed E-state index contributed by atoms with van der Waals surface area (Å²) in [5.41, 5.74) is 0.819. The summed E-state index contributed by atoms with van der Waals surface area (Å²) < 4.78 is 91.6. The van der Waals surface area contributed by atoms with Gasteiger partial charge in [0, 0.05) is 12.1 Å². The van der Waals surface area contributed by atoms with Crippen molar-refractivity contribution in [2.45, 2.75) is 64.7 Å². The van der Waals surface area contributed by atoms with Gasteiger partial charge in [0.25, 0.3) is 0 Å². The van der Waals surface area contributed by atoms with Gasteiger partial charge < -0.3 is 9.47 Å². The molecule has 0 aliphatic rings. The minimum atomic E-state index is -1.32. The van der Waals surface area contributed by atoms with Gasteiger partial charge >= 0.3 is 11.9 Å². The lowest BCUT2D eigenvalue weighted by molar-refractivity contribution is 0.0629. The van der Waals surface area contributed by atoms with Gasteiger partial charge in [-0.15, -0.1) is 0 Å². The molecule has 0 aliphatic carbocycles. The van der Waals surface area contributed by atoms with E-state index in [9.17, 15) is 35.9 Å². The van der Waals surface area contributed by atoms with Crippen LogP contribution in [0.25, 0.3) is 0 Å². The molecule has 0 bridgehead atoms. The molecular weight excluding hydrogens is 610 g/mol. The quantitative estimate of drug-likeness (QED) is 0.0389. The minimum Gasteiger partial charge on any atom is -0.423 e. The fraction of sp³-hybridized carbons (Fsp3) is 0.278. The second-order valence-electron chi connectivity index (χ2n) is 10.5. The summed E-state index contributed by atoms with van der Waals surface area (Å²) in [5.74, 6) is -8.96. The molecule has 0 amide bonds. The van der Waals surface area contributed by atoms with Gasteiger partial charge in [-0.1, -0.05) is 50.8 Å². The molecule has 0 radical (unpaired) electrons. The largest absolute Gasteiger partial charge is 0.423 e. The zero-order valence-corrected chi connectivity index (χ0v) is 25.3. The van der Waals surface area contributed by atoms with Crippen molar-refractivity contribution in [3.8, 4) is 5.75 Å². The predicted molar refractivity (Wildman–Crippen MR) is 162 cm³/mol. The maximum Gasteiger partial charge on any atom is 0.346 e. The Bertz CT molecular complexity index is 1610. The first-order valence-electron chi connectivity index (χ1n) is 14.8. The molecule has 0 N–H and O–H groups in total. The van der Waals surface area contributed by atoms with Crippen LogP contribution < -0.4 is 4.74 Å². The van der Waals surface area contributed by atoms with Crippen LogP contribution in [0.1, 0.15) is 83.7 Å². The molecule has 0 heterocycles. The third kappa shape index (κ3) is 11.1. The van der Waals surface area contributed by atoms with Crippen molar-refractivity contribution in [2.24, 2.45) is 0 Å². The Morgan fingerprint density at radius 3 is 1.67 bits per heavy atom. The summed E-state index contributed by atoms with van der Waals surface area (Å²) >= 11 is 0. The summed E-state index contributed by atoms with van der Waals surface area (Å²) in [6.07, 6.45) is 9.63. The number of allylic oxidation sites excluding steroid dienone is 4. The topological polar surface area (TPSA) is 52.6 Å². The van der Waals surface area contributed by atoms with E-state index >= 15 is 0 Å². The van der Waals surface area contributed by atoms with Gasteiger partial charge in [0.15, 0.2) is 23.3 Å². The van der Waals surface area contributed by atoms with Crippen LogP contribution in [0.15, 0.2) is 90.7 Å². The summed E-state index contributed by atoms with van der Waals surface area (Å²) in [5, 5.41) is 0. The zero-order valence-electron chi connectivity index (χ0n) is 25.3. The van der Waals surface area contributed by atoms with Gasteiger partial charge in [-0.3, -0.25) is 0 Å². The van der Waals surface area contributed by atoms with Crippen molar-refractivity contribution in [3.63, 3.8) is 0 Å². The average Bonchev–Trinajstić information content (AvgIpc) is 3.01. The first kappa shape index (κ1) is 35.9. The van der Waals surface area contributed by atoms with Gasteiger partial charge in [0.05, 0.1) is 11.1 Å². The van der Waals surface area contributed by atoms with E-state index in [4.69, 9.17) is 9.47 Å². The van der Waals surface area contributed by atoms with Crippen LogP contribution in [0.4, 0.5) is 26.3 Å². The molecule has 10 heteroatoms. The van der Waals surface area contributed by atoms with E-state index in [1.54, 1.807) is 12.1 Å². The van der Waals surface area contributed by atoms with Crippen molar-refractivity contribution >= 4 is 11.9 Å². The molecule has 0 spiro atoms. The molecule has 0 saturated carbocycles. The van der Waals surface area contributed by atoms with E-state index in [2.05, 4.69) is 6.58 Å². The van der Waals surface area contributed by atoms with E-state index < -0.39 is 46.9 Å². The fourth-order valence-electron chi connectivity index (χ4n) is 4.54. The minimum absolute atomic E-state index is 0.229. The van der Waals surface area contributed by atoms with Crippen molar-refractivity contribution in [1.29, 1.82) is 0 Å². The highest BCUT2D eigenvalue weighted by Gasteiger charge is 2.17. The SMILES string of the molecule is C=C(F)/C(F)=C\C(=C/C)OC(=O)c1ccc(CCCCCCCCCc2ccc(C(=O)Oc3ccc(F)c(F)c3)c(F)c2)cc1F. The van der Waals surface area contributed by atoms with Gasteiger partial charge in [-0.25, -0.2) is 35.9 Å². The monoisotopic (exact) mass is 644 g/mol. The fourth-order valence-corrected chi connectivity index (χ4v) is 4.54. The van der Waals surface area contributed by atoms with Crippen molar-refractivity contribution < 1.29 is 45.4 Å². The Kier molecular flexibility index (Phi) is 13.9. The van der Waals surface area contributed by atoms with Crippen LogP contribution in [0.3, 0.4) is 0 Å². The standard InChI is InChI=1S/C36H34F6O4/c1-3-26(21-31(39)23(2)37)45-35(43)28-16-13-24(19-32(28)40)11-9-7-5-4-6-8-10-12-25-14-17-29(33(41)20-25)36(44)46-27-15-18-30(38)34(42)22-27/h3,13-22H,2,4-12H2,1H3/b26-3+,31-21+. The maximum atomic E-state index is 14.6. The molecule has 46 heavy (non-hydrogen) atoms. The van der Waals surface area contributed by atoms with Crippen LogP contribution in [-0.2, 0) is 17.6 Å². The Labute approximate surface area is 264 Å². The number of rotatable bonds is 16. The Morgan fingerprint density at radius 2 is 1.20 bits per heavy atom. The molecule has 3 aromatic carbocycles. The van der Waals surface area contributed by atoms with E-state index in [-0.39, 0.29) is 22.6 Å². The molecule has 0 fully saturated rings. The van der Waals surface area contributed by atoms with E-state index in [1.807, 2.05) is 0 Å². The number of carbonyl (C=O) groups is 2. The second kappa shape index (κ2) is 17.8. The van der Waals surface area contributed by atoms with E-state index in [1.165, 1.54) is 37.3 Å². The Hall–Kier alpha value is -4.60. The van der Waals surface area contributed by atoms with Crippen LogP contribution >= 0.6 is 0 Å². The van der Waals surface area contributed by atoms with Crippen LogP contribution in [0, 0.1) is 23.3 Å². The lowest BCUT2D eigenvalue weighted by atomic mass is 10.0. The summed E-state index contributed by atoms with van der Waals surface area (Å²) in [7, 11) is 0. The normalized spacial score (nSPS) is 11.8. The molecule has 0 atom stereocenters. The summed E-state index contributed by atoms with van der Waals surface area (Å²) in [4.78, 5) is 24.5. The number of benzene rings is 3. The second-order valence-corrected chi connectivity index (χ2v) is 10.5. The van der Waals surface area contributed by atoms with Crippen molar-refractivity contribution in [1.82, 2.24) is 0 Å². The lowest BCUT2D eigenvalue weighted by Gasteiger charge is -2.08.